The second-order valence-corrected chi connectivity index (χ2v) is 4.01. The molecule has 1 heterocycles. The maximum Gasteiger partial charge on any atom is 0.0665 e. The van der Waals surface area contributed by atoms with Gasteiger partial charge in [0.05, 0.1) is 18.8 Å². The van der Waals surface area contributed by atoms with E-state index in [1.807, 2.05) is 0 Å². The second kappa shape index (κ2) is 4.11. The first-order valence-electron chi connectivity index (χ1n) is 5.20. The molecule has 14 heavy (non-hydrogen) atoms. The predicted octanol–water partition coefficient (Wildman–Crippen LogP) is 2.26. The zero-order valence-electron chi connectivity index (χ0n) is 8.79. The number of rotatable bonds is 3. The van der Waals surface area contributed by atoms with E-state index in [2.05, 4.69) is 43.4 Å². The van der Waals surface area contributed by atoms with Crippen LogP contribution in [-0.4, -0.2) is 12.7 Å². The molecule has 1 unspecified atom stereocenters. The molecule has 1 atom stereocenters. The molecule has 1 N–H and O–H groups in total. The fourth-order valence-electron chi connectivity index (χ4n) is 1.82. The maximum atomic E-state index is 5.62. The van der Waals surface area contributed by atoms with Gasteiger partial charge in [0.1, 0.15) is 0 Å². The van der Waals surface area contributed by atoms with Crippen molar-refractivity contribution in [2.45, 2.75) is 32.5 Å². The Kier molecular flexibility index (Phi) is 2.85. The average molecular weight is 191 g/mol. The normalized spacial score (nSPS) is 20.1. The Morgan fingerprint density at radius 2 is 2.21 bits per heavy atom. The van der Waals surface area contributed by atoms with Crippen LogP contribution in [0, 0.1) is 0 Å². The smallest absolute Gasteiger partial charge is 0.0665 e. The predicted molar refractivity (Wildman–Crippen MR) is 57.1 cm³/mol. The molecule has 0 saturated carbocycles. The van der Waals surface area contributed by atoms with Crippen molar-refractivity contribution in [3.8, 4) is 0 Å². The molecule has 0 radical (unpaired) electrons. The Balaban J connectivity index is 2.03. The molecule has 0 bridgehead atoms. The summed E-state index contributed by atoms with van der Waals surface area (Å²) < 4.78 is 5.62. The minimum Gasteiger partial charge on any atom is -0.377 e. The summed E-state index contributed by atoms with van der Waals surface area (Å²) in [5.74, 6) is 0. The van der Waals surface area contributed by atoms with Gasteiger partial charge in [-0.15, -0.1) is 0 Å². The summed E-state index contributed by atoms with van der Waals surface area (Å²) in [5.41, 5.74) is 2.80. The Morgan fingerprint density at radius 3 is 3.00 bits per heavy atom. The second-order valence-electron chi connectivity index (χ2n) is 4.01. The van der Waals surface area contributed by atoms with Crippen LogP contribution in [0.5, 0.6) is 0 Å². The molecule has 0 aromatic heterocycles. The molecule has 1 aromatic rings. The highest BCUT2D eigenvalue weighted by Gasteiger charge is 2.21. The lowest BCUT2D eigenvalue weighted by Gasteiger charge is -2.14. The molecule has 1 aliphatic rings. The lowest BCUT2D eigenvalue weighted by Crippen LogP contribution is -2.20. The van der Waals surface area contributed by atoms with Gasteiger partial charge in [-0.2, -0.15) is 0 Å². The van der Waals surface area contributed by atoms with Crippen LogP contribution < -0.4 is 5.32 Å². The van der Waals surface area contributed by atoms with Gasteiger partial charge >= 0.3 is 0 Å². The van der Waals surface area contributed by atoms with Crippen LogP contribution in [0.1, 0.15) is 31.0 Å². The first kappa shape index (κ1) is 9.69. The van der Waals surface area contributed by atoms with Gasteiger partial charge in [0.2, 0.25) is 0 Å². The minimum absolute atomic E-state index is 0.310. The van der Waals surface area contributed by atoms with Crippen LogP contribution in [0.25, 0.3) is 0 Å². The molecule has 0 aliphatic carbocycles. The van der Waals surface area contributed by atoms with Crippen LogP contribution in [0.3, 0.4) is 0 Å². The summed E-state index contributed by atoms with van der Waals surface area (Å²) in [6.07, 6.45) is 0.310. The van der Waals surface area contributed by atoms with Crippen molar-refractivity contribution in [3.05, 3.63) is 35.4 Å². The monoisotopic (exact) mass is 191 g/mol. The molecule has 0 saturated heterocycles. The Labute approximate surface area is 85.3 Å². The van der Waals surface area contributed by atoms with E-state index in [9.17, 15) is 0 Å². The van der Waals surface area contributed by atoms with E-state index in [-0.39, 0.29) is 0 Å². The quantitative estimate of drug-likeness (QED) is 0.791. The van der Waals surface area contributed by atoms with Crippen LogP contribution in [0.15, 0.2) is 24.3 Å². The van der Waals surface area contributed by atoms with Crippen LogP contribution in [0.4, 0.5) is 0 Å². The first-order valence-corrected chi connectivity index (χ1v) is 5.20. The number of nitrogens with one attached hydrogen (secondary N) is 1. The molecule has 2 nitrogen and oxygen atoms in total. The highest BCUT2D eigenvalue weighted by Crippen LogP contribution is 2.25. The van der Waals surface area contributed by atoms with Gasteiger partial charge in [-0.05, 0) is 25.0 Å². The van der Waals surface area contributed by atoms with E-state index in [1.54, 1.807) is 0 Å². The van der Waals surface area contributed by atoms with Gasteiger partial charge < -0.3 is 10.1 Å². The molecule has 0 spiro atoms. The lowest BCUT2D eigenvalue weighted by molar-refractivity contribution is 0.0630. The fourth-order valence-corrected chi connectivity index (χ4v) is 1.82. The molecule has 1 aliphatic heterocycles. The van der Waals surface area contributed by atoms with Crippen molar-refractivity contribution >= 4 is 0 Å². The number of fused-ring (bicyclic) bond motifs is 1. The summed E-state index contributed by atoms with van der Waals surface area (Å²) in [4.78, 5) is 0. The van der Waals surface area contributed by atoms with E-state index >= 15 is 0 Å². The molecule has 2 heteroatoms. The Hall–Kier alpha value is -0.860. The van der Waals surface area contributed by atoms with Gasteiger partial charge in [-0.3, -0.25) is 0 Å². The fraction of sp³-hybridized carbons (Fsp3) is 0.500. The van der Waals surface area contributed by atoms with Crippen molar-refractivity contribution in [3.63, 3.8) is 0 Å². The average Bonchev–Trinajstić information content (AvgIpc) is 2.58. The third-order valence-corrected chi connectivity index (χ3v) is 2.57. The van der Waals surface area contributed by atoms with Gasteiger partial charge in [-0.25, -0.2) is 0 Å². The highest BCUT2D eigenvalue weighted by atomic mass is 16.5. The number of hydrogen-bond donors (Lipinski definition) is 1. The SMILES string of the molecule is CC(C)OCC1NCc2ccccc21. The number of ether oxygens (including phenoxy) is 1. The minimum atomic E-state index is 0.310. The Bertz CT molecular complexity index is 309. The van der Waals surface area contributed by atoms with Crippen LogP contribution in [0.2, 0.25) is 0 Å². The molecule has 0 fully saturated rings. The standard InChI is InChI=1S/C12H17NO/c1-9(2)14-8-12-11-6-4-3-5-10(11)7-13-12/h3-6,9,12-13H,7-8H2,1-2H3. The largest absolute Gasteiger partial charge is 0.377 e. The summed E-state index contributed by atoms with van der Waals surface area (Å²) >= 11 is 0. The van der Waals surface area contributed by atoms with Gasteiger partial charge in [-0.1, -0.05) is 24.3 Å². The third-order valence-electron chi connectivity index (χ3n) is 2.57. The van der Waals surface area contributed by atoms with E-state index in [1.165, 1.54) is 11.1 Å². The zero-order chi connectivity index (χ0) is 9.97. The molecule has 2 rings (SSSR count). The zero-order valence-corrected chi connectivity index (χ0v) is 8.79. The third kappa shape index (κ3) is 1.97. The maximum absolute atomic E-state index is 5.62. The van der Waals surface area contributed by atoms with Crippen molar-refractivity contribution in [1.29, 1.82) is 0 Å². The van der Waals surface area contributed by atoms with Crippen LogP contribution in [-0.2, 0) is 11.3 Å². The van der Waals surface area contributed by atoms with Crippen molar-refractivity contribution in [1.82, 2.24) is 5.32 Å². The van der Waals surface area contributed by atoms with E-state index in [0.717, 1.165) is 13.2 Å². The molecule has 0 amide bonds. The van der Waals surface area contributed by atoms with E-state index < -0.39 is 0 Å². The summed E-state index contributed by atoms with van der Waals surface area (Å²) in [5, 5.41) is 3.45. The molecular weight excluding hydrogens is 174 g/mol. The molecule has 76 valence electrons. The molecule has 1 aromatic carbocycles. The van der Waals surface area contributed by atoms with Gasteiger partial charge in [0.15, 0.2) is 0 Å². The van der Waals surface area contributed by atoms with E-state index in [0.29, 0.717) is 12.1 Å². The summed E-state index contributed by atoms with van der Waals surface area (Å²) in [6, 6.07) is 8.93. The topological polar surface area (TPSA) is 21.3 Å². The number of hydrogen-bond acceptors (Lipinski definition) is 2. The summed E-state index contributed by atoms with van der Waals surface area (Å²) in [7, 11) is 0. The highest BCUT2D eigenvalue weighted by molar-refractivity contribution is 5.33. The number of benzene rings is 1. The van der Waals surface area contributed by atoms with E-state index in [4.69, 9.17) is 4.74 Å². The summed E-state index contributed by atoms with van der Waals surface area (Å²) in [6.45, 7) is 5.89. The van der Waals surface area contributed by atoms with Gasteiger partial charge in [0.25, 0.3) is 0 Å². The lowest BCUT2D eigenvalue weighted by atomic mass is 10.1. The first-order chi connectivity index (χ1) is 6.77. The Morgan fingerprint density at radius 1 is 1.43 bits per heavy atom. The van der Waals surface area contributed by atoms with Crippen LogP contribution >= 0.6 is 0 Å². The van der Waals surface area contributed by atoms with Crippen molar-refractivity contribution in [2.24, 2.45) is 0 Å². The van der Waals surface area contributed by atoms with Crippen molar-refractivity contribution < 1.29 is 4.74 Å². The molecular formula is C12H17NO. The van der Waals surface area contributed by atoms with Gasteiger partial charge in [0, 0.05) is 6.54 Å². The van der Waals surface area contributed by atoms with Crippen molar-refractivity contribution in [2.75, 3.05) is 6.61 Å².